The number of rotatable bonds is 7. The van der Waals surface area contributed by atoms with Gasteiger partial charge in [-0.3, -0.25) is 4.79 Å². The Morgan fingerprint density at radius 3 is 2.04 bits per heavy atom. The molecule has 0 aliphatic carbocycles. The first-order valence-electron chi connectivity index (χ1n) is 8.93. The number of hydrogen-bond donors (Lipinski definition) is 1. The Labute approximate surface area is 173 Å². The third-order valence-corrected chi connectivity index (χ3v) is 5.23. The van der Waals surface area contributed by atoms with Gasteiger partial charge in [-0.1, -0.05) is 36.4 Å². The molecular formula is C23H22BrNO3. The molecule has 1 N–H and O–H groups in total. The van der Waals surface area contributed by atoms with Crippen LogP contribution in [0.5, 0.6) is 11.5 Å². The van der Waals surface area contributed by atoms with E-state index < -0.39 is 0 Å². The summed E-state index contributed by atoms with van der Waals surface area (Å²) < 4.78 is 11.3. The van der Waals surface area contributed by atoms with Gasteiger partial charge >= 0.3 is 0 Å². The fourth-order valence-electron chi connectivity index (χ4n) is 2.97. The molecule has 0 heterocycles. The Kier molecular flexibility index (Phi) is 6.71. The van der Waals surface area contributed by atoms with E-state index in [9.17, 15) is 4.79 Å². The van der Waals surface area contributed by atoms with Crippen LogP contribution in [0, 0.1) is 0 Å². The van der Waals surface area contributed by atoms with Gasteiger partial charge in [0.25, 0.3) is 5.91 Å². The molecule has 1 atom stereocenters. The largest absolute Gasteiger partial charge is 0.497 e. The summed E-state index contributed by atoms with van der Waals surface area (Å²) in [4.78, 5) is 12.9. The van der Waals surface area contributed by atoms with Crippen LogP contribution in [0.2, 0.25) is 0 Å². The van der Waals surface area contributed by atoms with Crippen LogP contribution in [0.15, 0.2) is 77.3 Å². The monoisotopic (exact) mass is 439 g/mol. The normalized spacial score (nSPS) is 11.5. The molecule has 0 aliphatic heterocycles. The van der Waals surface area contributed by atoms with Crippen molar-refractivity contribution in [3.05, 3.63) is 94.0 Å². The van der Waals surface area contributed by atoms with E-state index in [2.05, 4.69) is 21.2 Å². The number of nitrogens with one attached hydrogen (secondary N) is 1. The molecule has 0 spiro atoms. The third-order valence-electron chi connectivity index (χ3n) is 4.54. The van der Waals surface area contributed by atoms with Crippen molar-refractivity contribution in [2.24, 2.45) is 0 Å². The van der Waals surface area contributed by atoms with Crippen molar-refractivity contribution in [2.75, 3.05) is 14.2 Å². The van der Waals surface area contributed by atoms with Gasteiger partial charge in [0, 0.05) is 4.47 Å². The average Bonchev–Trinajstić information content (AvgIpc) is 2.74. The minimum absolute atomic E-state index is 0.123. The van der Waals surface area contributed by atoms with Gasteiger partial charge in [0.05, 0.1) is 25.8 Å². The summed E-state index contributed by atoms with van der Waals surface area (Å²) in [6.45, 7) is 0. The quantitative estimate of drug-likeness (QED) is 0.551. The van der Waals surface area contributed by atoms with Crippen molar-refractivity contribution in [3.63, 3.8) is 0 Å². The zero-order valence-corrected chi connectivity index (χ0v) is 17.4. The highest BCUT2D eigenvalue weighted by Crippen LogP contribution is 2.24. The molecular weight excluding hydrogens is 418 g/mol. The van der Waals surface area contributed by atoms with Gasteiger partial charge in [0.15, 0.2) is 0 Å². The van der Waals surface area contributed by atoms with Crippen molar-refractivity contribution in [2.45, 2.75) is 12.5 Å². The molecule has 0 fully saturated rings. The number of ether oxygens (including phenoxy) is 2. The Morgan fingerprint density at radius 2 is 1.46 bits per heavy atom. The van der Waals surface area contributed by atoms with Gasteiger partial charge < -0.3 is 14.8 Å². The van der Waals surface area contributed by atoms with E-state index in [1.807, 2.05) is 66.7 Å². The van der Waals surface area contributed by atoms with E-state index in [1.165, 1.54) is 0 Å². The predicted molar refractivity (Wildman–Crippen MR) is 114 cm³/mol. The molecule has 4 nitrogen and oxygen atoms in total. The second kappa shape index (κ2) is 9.42. The second-order valence-electron chi connectivity index (χ2n) is 6.33. The molecule has 1 amide bonds. The number of benzene rings is 3. The zero-order valence-electron chi connectivity index (χ0n) is 15.8. The van der Waals surface area contributed by atoms with E-state index >= 15 is 0 Å². The standard InChI is InChI=1S/C23H22BrNO3/c1-27-18-11-7-16(8-12-18)15-22(17-9-13-19(28-2)14-10-17)25-23(26)20-5-3-4-6-21(20)24/h3-14,22H,15H2,1-2H3,(H,25,26). The third kappa shape index (κ3) is 4.93. The molecule has 0 saturated carbocycles. The predicted octanol–water partition coefficient (Wildman–Crippen LogP) is 5.18. The topological polar surface area (TPSA) is 47.6 Å². The molecule has 3 rings (SSSR count). The fraction of sp³-hybridized carbons (Fsp3) is 0.174. The minimum Gasteiger partial charge on any atom is -0.497 e. The maximum absolute atomic E-state index is 12.9. The lowest BCUT2D eigenvalue weighted by Gasteiger charge is -2.20. The molecule has 0 bridgehead atoms. The lowest BCUT2D eigenvalue weighted by atomic mass is 9.98. The van der Waals surface area contributed by atoms with Crippen LogP contribution in [0.3, 0.4) is 0 Å². The van der Waals surface area contributed by atoms with Crippen LogP contribution in [-0.2, 0) is 6.42 Å². The lowest BCUT2D eigenvalue weighted by molar-refractivity contribution is 0.0935. The maximum atomic E-state index is 12.9. The first-order valence-corrected chi connectivity index (χ1v) is 9.72. The summed E-state index contributed by atoms with van der Waals surface area (Å²) in [5.41, 5.74) is 2.72. The fourth-order valence-corrected chi connectivity index (χ4v) is 3.43. The molecule has 1 unspecified atom stereocenters. The van der Waals surface area contributed by atoms with Crippen LogP contribution in [0.25, 0.3) is 0 Å². The van der Waals surface area contributed by atoms with Crippen molar-refractivity contribution in [1.82, 2.24) is 5.32 Å². The molecule has 0 aromatic heterocycles. The summed E-state index contributed by atoms with van der Waals surface area (Å²) >= 11 is 3.45. The van der Waals surface area contributed by atoms with Crippen LogP contribution in [0.1, 0.15) is 27.5 Å². The lowest BCUT2D eigenvalue weighted by Crippen LogP contribution is -2.30. The van der Waals surface area contributed by atoms with Crippen LogP contribution in [0.4, 0.5) is 0 Å². The van der Waals surface area contributed by atoms with Gasteiger partial charge in [0.2, 0.25) is 0 Å². The highest BCUT2D eigenvalue weighted by Gasteiger charge is 2.18. The van der Waals surface area contributed by atoms with E-state index in [4.69, 9.17) is 9.47 Å². The SMILES string of the molecule is COc1ccc(CC(NC(=O)c2ccccc2Br)c2ccc(OC)cc2)cc1. The summed E-state index contributed by atoms with van der Waals surface area (Å²) in [5.74, 6) is 1.47. The molecule has 5 heteroatoms. The first kappa shape index (κ1) is 20.0. The number of hydrogen-bond acceptors (Lipinski definition) is 3. The minimum atomic E-state index is -0.182. The van der Waals surface area contributed by atoms with Gasteiger partial charge in [-0.05, 0) is 69.9 Å². The number of amides is 1. The molecule has 3 aromatic carbocycles. The smallest absolute Gasteiger partial charge is 0.252 e. The highest BCUT2D eigenvalue weighted by atomic mass is 79.9. The average molecular weight is 440 g/mol. The summed E-state index contributed by atoms with van der Waals surface area (Å²) in [7, 11) is 3.28. The Morgan fingerprint density at radius 1 is 0.893 bits per heavy atom. The van der Waals surface area contributed by atoms with Crippen molar-refractivity contribution < 1.29 is 14.3 Å². The van der Waals surface area contributed by atoms with Gasteiger partial charge in [-0.25, -0.2) is 0 Å². The molecule has 0 saturated heterocycles. The Hall–Kier alpha value is -2.79. The summed E-state index contributed by atoms with van der Waals surface area (Å²) in [6.07, 6.45) is 0.659. The zero-order chi connectivity index (χ0) is 19.9. The highest BCUT2D eigenvalue weighted by molar-refractivity contribution is 9.10. The van der Waals surface area contributed by atoms with Crippen molar-refractivity contribution in [3.8, 4) is 11.5 Å². The van der Waals surface area contributed by atoms with Crippen LogP contribution in [-0.4, -0.2) is 20.1 Å². The van der Waals surface area contributed by atoms with Gasteiger partial charge in [-0.2, -0.15) is 0 Å². The van der Waals surface area contributed by atoms with Crippen LogP contribution >= 0.6 is 15.9 Å². The van der Waals surface area contributed by atoms with Crippen molar-refractivity contribution in [1.29, 1.82) is 0 Å². The number of methoxy groups -OCH3 is 2. The van der Waals surface area contributed by atoms with E-state index in [-0.39, 0.29) is 11.9 Å². The first-order chi connectivity index (χ1) is 13.6. The Bertz CT molecular complexity index is 923. The molecule has 28 heavy (non-hydrogen) atoms. The van der Waals surface area contributed by atoms with E-state index in [1.54, 1.807) is 20.3 Å². The maximum Gasteiger partial charge on any atom is 0.252 e. The molecule has 144 valence electrons. The second-order valence-corrected chi connectivity index (χ2v) is 7.19. The van der Waals surface area contributed by atoms with Crippen molar-refractivity contribution >= 4 is 21.8 Å². The van der Waals surface area contributed by atoms with Crippen LogP contribution < -0.4 is 14.8 Å². The molecule has 0 aliphatic rings. The number of carbonyl (C=O) groups is 1. The number of halogens is 1. The molecule has 0 radical (unpaired) electrons. The van der Waals surface area contributed by atoms with E-state index in [0.29, 0.717) is 12.0 Å². The Balaban J connectivity index is 1.86. The van der Waals surface area contributed by atoms with E-state index in [0.717, 1.165) is 27.1 Å². The number of carbonyl (C=O) groups excluding carboxylic acids is 1. The summed E-state index contributed by atoms with van der Waals surface area (Å²) in [6, 6.07) is 22.9. The van der Waals surface area contributed by atoms with Gasteiger partial charge in [-0.15, -0.1) is 0 Å². The molecule has 3 aromatic rings. The summed E-state index contributed by atoms with van der Waals surface area (Å²) in [5, 5.41) is 3.16. The van der Waals surface area contributed by atoms with Gasteiger partial charge in [0.1, 0.15) is 11.5 Å².